The number of carbonyl (C=O) groups is 1. The number of carbonyl (C=O) groups excluding carboxylic acids is 1. The van der Waals surface area contributed by atoms with Crippen molar-refractivity contribution in [1.82, 2.24) is 9.88 Å². The van der Waals surface area contributed by atoms with Crippen LogP contribution in [0.2, 0.25) is 0 Å². The summed E-state index contributed by atoms with van der Waals surface area (Å²) < 4.78 is 0.879. The van der Waals surface area contributed by atoms with Crippen molar-refractivity contribution in [2.24, 2.45) is 11.7 Å². The van der Waals surface area contributed by atoms with Gasteiger partial charge in [0, 0.05) is 29.8 Å². The SMILES string of the molecule is CCC1CCN(C(=O)c2ccc(Br)cn2)C(CN)C1. The van der Waals surface area contributed by atoms with Crippen molar-refractivity contribution in [3.63, 3.8) is 0 Å². The average molecular weight is 326 g/mol. The van der Waals surface area contributed by atoms with E-state index in [2.05, 4.69) is 27.8 Å². The predicted molar refractivity (Wildman–Crippen MR) is 78.8 cm³/mol. The van der Waals surface area contributed by atoms with Crippen LogP contribution in [0.3, 0.4) is 0 Å². The molecule has 4 nitrogen and oxygen atoms in total. The van der Waals surface area contributed by atoms with Crippen LogP contribution < -0.4 is 5.73 Å². The molecule has 5 heteroatoms. The maximum Gasteiger partial charge on any atom is 0.272 e. The van der Waals surface area contributed by atoms with Gasteiger partial charge in [0.1, 0.15) is 5.69 Å². The Hall–Kier alpha value is -0.940. The molecule has 0 radical (unpaired) electrons. The first-order valence-electron chi connectivity index (χ1n) is 6.78. The first kappa shape index (κ1) is 14.5. The molecule has 19 heavy (non-hydrogen) atoms. The van der Waals surface area contributed by atoms with Crippen LogP contribution in [0.4, 0.5) is 0 Å². The molecule has 1 aliphatic heterocycles. The van der Waals surface area contributed by atoms with Crippen LogP contribution in [0.25, 0.3) is 0 Å². The number of piperidine rings is 1. The lowest BCUT2D eigenvalue weighted by Crippen LogP contribution is -2.49. The number of amides is 1. The van der Waals surface area contributed by atoms with E-state index in [1.165, 1.54) is 0 Å². The standard InChI is InChI=1S/C14H20BrN3O/c1-2-10-5-6-18(12(7-10)8-16)14(19)13-4-3-11(15)9-17-13/h3-4,9-10,12H,2,5-8,16H2,1H3. The molecule has 2 atom stereocenters. The fraction of sp³-hybridized carbons (Fsp3) is 0.571. The Labute approximate surface area is 122 Å². The van der Waals surface area contributed by atoms with Crippen LogP contribution in [0.1, 0.15) is 36.7 Å². The summed E-state index contributed by atoms with van der Waals surface area (Å²) in [4.78, 5) is 18.5. The highest BCUT2D eigenvalue weighted by Crippen LogP contribution is 2.26. The molecule has 104 valence electrons. The largest absolute Gasteiger partial charge is 0.333 e. The highest BCUT2D eigenvalue weighted by atomic mass is 79.9. The summed E-state index contributed by atoms with van der Waals surface area (Å²) in [6.07, 6.45) is 4.89. The molecule has 2 N–H and O–H groups in total. The number of pyridine rings is 1. The summed E-state index contributed by atoms with van der Waals surface area (Å²) in [7, 11) is 0. The Bertz CT molecular complexity index is 435. The quantitative estimate of drug-likeness (QED) is 0.928. The van der Waals surface area contributed by atoms with Crippen molar-refractivity contribution >= 4 is 21.8 Å². The first-order chi connectivity index (χ1) is 9.15. The molecule has 0 saturated carbocycles. The van der Waals surface area contributed by atoms with Crippen molar-refractivity contribution < 1.29 is 4.79 Å². The Kier molecular flexibility index (Phi) is 4.93. The van der Waals surface area contributed by atoms with E-state index in [0.29, 0.717) is 18.2 Å². The van der Waals surface area contributed by atoms with Crippen LogP contribution in [-0.2, 0) is 0 Å². The van der Waals surface area contributed by atoms with Gasteiger partial charge >= 0.3 is 0 Å². The van der Waals surface area contributed by atoms with E-state index in [-0.39, 0.29) is 11.9 Å². The zero-order chi connectivity index (χ0) is 13.8. The smallest absolute Gasteiger partial charge is 0.272 e. The summed E-state index contributed by atoms with van der Waals surface area (Å²) in [6, 6.07) is 3.75. The first-order valence-corrected chi connectivity index (χ1v) is 7.57. The third kappa shape index (κ3) is 3.34. The summed E-state index contributed by atoms with van der Waals surface area (Å²) in [5, 5.41) is 0. The Morgan fingerprint density at radius 1 is 1.58 bits per heavy atom. The van der Waals surface area contributed by atoms with E-state index < -0.39 is 0 Å². The van der Waals surface area contributed by atoms with E-state index in [4.69, 9.17) is 5.73 Å². The Morgan fingerprint density at radius 2 is 2.37 bits per heavy atom. The molecule has 1 saturated heterocycles. The molecule has 2 heterocycles. The Morgan fingerprint density at radius 3 is 2.95 bits per heavy atom. The minimum absolute atomic E-state index is 0.00231. The second-order valence-corrected chi connectivity index (χ2v) is 5.96. The zero-order valence-electron chi connectivity index (χ0n) is 11.2. The van der Waals surface area contributed by atoms with Crippen LogP contribution in [0.15, 0.2) is 22.8 Å². The summed E-state index contributed by atoms with van der Waals surface area (Å²) in [5.41, 5.74) is 6.33. The maximum absolute atomic E-state index is 12.5. The minimum Gasteiger partial charge on any atom is -0.333 e. The summed E-state index contributed by atoms with van der Waals surface area (Å²) >= 11 is 3.33. The molecule has 1 aromatic rings. The maximum atomic E-state index is 12.5. The van der Waals surface area contributed by atoms with Crippen LogP contribution >= 0.6 is 15.9 Å². The van der Waals surface area contributed by atoms with Crippen molar-refractivity contribution in [3.05, 3.63) is 28.5 Å². The average Bonchev–Trinajstić information content (AvgIpc) is 2.46. The molecule has 2 rings (SSSR count). The lowest BCUT2D eigenvalue weighted by atomic mass is 9.88. The molecular formula is C14H20BrN3O. The van der Waals surface area contributed by atoms with Crippen LogP contribution in [0, 0.1) is 5.92 Å². The van der Waals surface area contributed by atoms with E-state index in [0.717, 1.165) is 30.3 Å². The summed E-state index contributed by atoms with van der Waals surface area (Å²) in [5.74, 6) is 0.688. The van der Waals surface area contributed by atoms with Gasteiger partial charge in [0.15, 0.2) is 0 Å². The third-order valence-electron chi connectivity index (χ3n) is 3.88. The van der Waals surface area contributed by atoms with Crippen molar-refractivity contribution in [2.75, 3.05) is 13.1 Å². The number of likely N-dealkylation sites (tertiary alicyclic amines) is 1. The van der Waals surface area contributed by atoms with Gasteiger partial charge in [0.25, 0.3) is 5.91 Å². The van der Waals surface area contributed by atoms with Gasteiger partial charge in [-0.15, -0.1) is 0 Å². The van der Waals surface area contributed by atoms with Crippen LogP contribution in [-0.4, -0.2) is 34.9 Å². The highest BCUT2D eigenvalue weighted by molar-refractivity contribution is 9.10. The van der Waals surface area contributed by atoms with Gasteiger partial charge in [-0.2, -0.15) is 0 Å². The topological polar surface area (TPSA) is 59.2 Å². The molecule has 0 spiro atoms. The van der Waals surface area contributed by atoms with Crippen LogP contribution in [0.5, 0.6) is 0 Å². The number of nitrogens with zero attached hydrogens (tertiary/aromatic N) is 2. The van der Waals surface area contributed by atoms with Gasteiger partial charge in [0.05, 0.1) is 0 Å². The van der Waals surface area contributed by atoms with Gasteiger partial charge in [-0.25, -0.2) is 4.98 Å². The number of hydrogen-bond acceptors (Lipinski definition) is 3. The van der Waals surface area contributed by atoms with Gasteiger partial charge in [-0.05, 0) is 46.8 Å². The van der Waals surface area contributed by atoms with E-state index in [1.54, 1.807) is 12.3 Å². The number of nitrogens with two attached hydrogens (primary N) is 1. The Balaban J connectivity index is 2.11. The van der Waals surface area contributed by atoms with Crippen molar-refractivity contribution in [1.29, 1.82) is 0 Å². The molecular weight excluding hydrogens is 306 g/mol. The second kappa shape index (κ2) is 6.48. The minimum atomic E-state index is -0.00231. The van der Waals surface area contributed by atoms with Crippen molar-refractivity contribution in [3.8, 4) is 0 Å². The fourth-order valence-corrected chi connectivity index (χ4v) is 2.88. The number of aromatic nitrogens is 1. The fourth-order valence-electron chi connectivity index (χ4n) is 2.65. The number of rotatable bonds is 3. The number of hydrogen-bond donors (Lipinski definition) is 1. The molecule has 0 aliphatic carbocycles. The van der Waals surface area contributed by atoms with E-state index in [9.17, 15) is 4.79 Å². The zero-order valence-corrected chi connectivity index (χ0v) is 12.8. The molecule has 0 bridgehead atoms. The predicted octanol–water partition coefficient (Wildman–Crippen LogP) is 2.43. The summed E-state index contributed by atoms with van der Waals surface area (Å²) in [6.45, 7) is 3.52. The number of halogens is 1. The molecule has 0 aromatic carbocycles. The third-order valence-corrected chi connectivity index (χ3v) is 4.35. The van der Waals surface area contributed by atoms with E-state index >= 15 is 0 Å². The van der Waals surface area contributed by atoms with E-state index in [1.807, 2.05) is 11.0 Å². The molecule has 1 amide bonds. The monoisotopic (exact) mass is 325 g/mol. The molecule has 1 fully saturated rings. The lowest BCUT2D eigenvalue weighted by Gasteiger charge is -2.38. The molecule has 2 unspecified atom stereocenters. The lowest BCUT2D eigenvalue weighted by molar-refractivity contribution is 0.0552. The van der Waals surface area contributed by atoms with Gasteiger partial charge in [-0.3, -0.25) is 4.79 Å². The second-order valence-electron chi connectivity index (χ2n) is 5.05. The molecule has 1 aliphatic rings. The highest BCUT2D eigenvalue weighted by Gasteiger charge is 2.30. The van der Waals surface area contributed by atoms with Gasteiger partial charge in [0.2, 0.25) is 0 Å². The van der Waals surface area contributed by atoms with Gasteiger partial charge < -0.3 is 10.6 Å². The normalized spacial score (nSPS) is 23.4. The van der Waals surface area contributed by atoms with Gasteiger partial charge in [-0.1, -0.05) is 13.3 Å². The molecule has 1 aromatic heterocycles. The van der Waals surface area contributed by atoms with Crippen molar-refractivity contribution in [2.45, 2.75) is 32.2 Å².